The molecule has 0 bridgehead atoms. The number of hydrogen-bond donors (Lipinski definition) is 5. The van der Waals surface area contributed by atoms with Crippen molar-refractivity contribution in [3.8, 4) is 5.75 Å². The summed E-state index contributed by atoms with van der Waals surface area (Å²) in [5.74, 6) is -3.52. The average molecular weight is 875 g/mol. The fourth-order valence-electron chi connectivity index (χ4n) is 6.87. The Kier molecular flexibility index (Phi) is 14.2. The number of H-pyrrole nitrogens is 1. The Balaban J connectivity index is 1.17. The number of carbonyl (C=O) groups excluding carboxylic acids is 5. The highest BCUT2D eigenvalue weighted by Gasteiger charge is 2.40. The second-order valence-electron chi connectivity index (χ2n) is 14.3. The van der Waals surface area contributed by atoms with Gasteiger partial charge in [-0.05, 0) is 89.7 Å². The molecule has 17 nitrogen and oxygen atoms in total. The van der Waals surface area contributed by atoms with Crippen molar-refractivity contribution in [1.29, 1.82) is 0 Å². The van der Waals surface area contributed by atoms with E-state index in [0.29, 0.717) is 70.3 Å². The summed E-state index contributed by atoms with van der Waals surface area (Å²) in [6.45, 7) is 15.7. The SMILES string of the molecule is CCN[C@@H]1C[C@@H](C)S(=O)(=O)c2sc(S(=O)(=O)NC(=O)C(C)OC(=O)CCC(=O)Oc3ccc4c(c3)/C(=C/c3[nH]c(C)c(C(=O)NCCN(CC)CC)c3C)C(=O)N4)cc21. The van der Waals surface area contributed by atoms with Gasteiger partial charge < -0.3 is 35.3 Å². The third-order valence-corrected chi connectivity index (χ3v) is 15.9. The number of esters is 2. The maximum Gasteiger partial charge on any atom is 0.311 e. The van der Waals surface area contributed by atoms with Gasteiger partial charge in [0.25, 0.3) is 27.7 Å². The number of ether oxygens (including phenoxy) is 2. The molecule has 59 heavy (non-hydrogen) atoms. The van der Waals surface area contributed by atoms with Crippen molar-refractivity contribution in [3.05, 3.63) is 57.9 Å². The molecule has 0 saturated carbocycles. The van der Waals surface area contributed by atoms with Crippen molar-refractivity contribution in [2.45, 2.75) is 93.5 Å². The lowest BCUT2D eigenvalue weighted by atomic mass is 10.0. The minimum absolute atomic E-state index is 0.0806. The zero-order chi connectivity index (χ0) is 43.4. The number of benzene rings is 1. The topological polar surface area (TPSA) is 239 Å². The number of nitrogens with zero attached hydrogens (tertiary/aromatic N) is 1. The fraction of sp³-hybridized carbons (Fsp3) is 0.462. The maximum atomic E-state index is 13.1. The summed E-state index contributed by atoms with van der Waals surface area (Å²) in [7, 11) is -8.30. The summed E-state index contributed by atoms with van der Waals surface area (Å²) in [4.78, 5) is 69.6. The monoisotopic (exact) mass is 874 g/mol. The van der Waals surface area contributed by atoms with Crippen molar-refractivity contribution in [2.24, 2.45) is 0 Å². The summed E-state index contributed by atoms with van der Waals surface area (Å²) < 4.78 is 64.1. The van der Waals surface area contributed by atoms with Gasteiger partial charge in [0.05, 0.1) is 29.2 Å². The molecule has 2 aromatic heterocycles. The Bertz CT molecular complexity index is 2400. The van der Waals surface area contributed by atoms with Gasteiger partial charge in [0.2, 0.25) is 0 Å². The maximum absolute atomic E-state index is 13.1. The second-order valence-corrected chi connectivity index (χ2v) is 19.8. The van der Waals surface area contributed by atoms with Crippen LogP contribution >= 0.6 is 11.3 Å². The molecule has 0 aliphatic carbocycles. The van der Waals surface area contributed by atoms with E-state index in [9.17, 15) is 40.8 Å². The van der Waals surface area contributed by atoms with E-state index in [1.165, 1.54) is 18.2 Å². The highest BCUT2D eigenvalue weighted by Crippen LogP contribution is 2.43. The number of fused-ring (bicyclic) bond motifs is 2. The predicted octanol–water partition coefficient (Wildman–Crippen LogP) is 3.60. The van der Waals surface area contributed by atoms with Gasteiger partial charge in [-0.1, -0.05) is 20.8 Å². The molecule has 0 saturated heterocycles. The summed E-state index contributed by atoms with van der Waals surface area (Å²) in [6, 6.07) is 5.37. The Morgan fingerprint density at radius 1 is 1.07 bits per heavy atom. The van der Waals surface area contributed by atoms with Crippen LogP contribution in [-0.2, 0) is 43.8 Å². The van der Waals surface area contributed by atoms with Crippen LogP contribution in [0.4, 0.5) is 5.69 Å². The molecule has 1 aromatic carbocycles. The number of aromatic nitrogens is 1. The van der Waals surface area contributed by atoms with Crippen molar-refractivity contribution in [2.75, 3.05) is 38.0 Å². The van der Waals surface area contributed by atoms with Crippen LogP contribution in [0.3, 0.4) is 0 Å². The lowest BCUT2D eigenvalue weighted by Crippen LogP contribution is -2.39. The first-order chi connectivity index (χ1) is 27.8. The van der Waals surface area contributed by atoms with Crippen molar-refractivity contribution in [1.82, 2.24) is 25.2 Å². The third-order valence-electron chi connectivity index (χ3n) is 10.2. The van der Waals surface area contributed by atoms with E-state index in [4.69, 9.17) is 9.47 Å². The highest BCUT2D eigenvalue weighted by atomic mass is 32.3. The van der Waals surface area contributed by atoms with E-state index in [1.807, 2.05) is 11.6 Å². The lowest BCUT2D eigenvalue weighted by Gasteiger charge is -2.27. The molecule has 3 amide bonds. The number of nitrogens with one attached hydrogen (secondary N) is 5. The molecule has 2 aliphatic rings. The first-order valence-corrected chi connectivity index (χ1v) is 23.1. The molecule has 5 rings (SSSR count). The largest absolute Gasteiger partial charge is 0.452 e. The molecule has 320 valence electrons. The first-order valence-electron chi connectivity index (χ1n) is 19.3. The standard InChI is InChI=1S/C39H50N6O11S3/c1-8-40-31-17-21(4)58(51,52)39-28(31)20-34(57-39)59(53,54)44-36(48)24(7)55-32(46)13-14-33(47)56-25-11-12-29-26(18-25)27(37(49)43-29)19-30-22(5)35(23(6)42-30)38(50)41-15-16-45(9-2)10-3/h11-12,18-21,24,31,40,42H,8-10,13-17H2,1-7H3,(H,41,50)(H,43,49)(H,44,48)/b27-19-/t21-,24?,31-/m1/s1. The van der Waals surface area contributed by atoms with E-state index >= 15 is 0 Å². The summed E-state index contributed by atoms with van der Waals surface area (Å²) in [5, 5.41) is 8.16. The van der Waals surface area contributed by atoms with Crippen LogP contribution in [0.25, 0.3) is 11.6 Å². The molecule has 3 atom stereocenters. The van der Waals surface area contributed by atoms with Crippen LogP contribution in [0, 0.1) is 13.8 Å². The number of hydrogen-bond acceptors (Lipinski definition) is 14. The molecule has 1 unspecified atom stereocenters. The van der Waals surface area contributed by atoms with E-state index in [2.05, 4.69) is 39.7 Å². The lowest BCUT2D eigenvalue weighted by molar-refractivity contribution is -0.155. The minimum Gasteiger partial charge on any atom is -0.452 e. The van der Waals surface area contributed by atoms with Crippen molar-refractivity contribution >= 4 is 78.2 Å². The molecule has 0 radical (unpaired) electrons. The quantitative estimate of drug-likeness (QED) is 0.0742. The summed E-state index contributed by atoms with van der Waals surface area (Å²) in [6.07, 6.45) is -0.658. The third kappa shape index (κ3) is 10.1. The number of aromatic amines is 1. The second kappa shape index (κ2) is 18.6. The number of carbonyl (C=O) groups is 5. The molecule has 2 aliphatic heterocycles. The van der Waals surface area contributed by atoms with Crippen molar-refractivity contribution < 1.29 is 50.3 Å². The zero-order valence-corrected chi connectivity index (χ0v) is 36.4. The van der Waals surface area contributed by atoms with E-state index < -0.39 is 67.8 Å². The number of sulfonamides is 1. The number of likely N-dealkylation sites (N-methyl/N-ethyl adjacent to an activating group) is 1. The van der Waals surface area contributed by atoms with Crippen LogP contribution in [0.5, 0.6) is 5.75 Å². The number of aryl methyl sites for hydroxylation is 1. The van der Waals surface area contributed by atoms with E-state index in [-0.39, 0.29) is 38.1 Å². The number of sulfone groups is 1. The van der Waals surface area contributed by atoms with Crippen LogP contribution < -0.4 is 25.4 Å². The van der Waals surface area contributed by atoms with Gasteiger partial charge in [-0.15, -0.1) is 11.3 Å². The summed E-state index contributed by atoms with van der Waals surface area (Å²) in [5.41, 5.74) is 3.85. The van der Waals surface area contributed by atoms with Gasteiger partial charge in [-0.25, -0.2) is 21.6 Å². The molecular formula is C39H50N6O11S3. The van der Waals surface area contributed by atoms with Crippen molar-refractivity contribution in [3.63, 3.8) is 0 Å². The van der Waals surface area contributed by atoms with Gasteiger partial charge >= 0.3 is 11.9 Å². The number of thiophene rings is 1. The van der Waals surface area contributed by atoms with Crippen LogP contribution in [0.15, 0.2) is 32.7 Å². The van der Waals surface area contributed by atoms with E-state index in [0.717, 1.165) is 20.0 Å². The van der Waals surface area contributed by atoms with Gasteiger partial charge in [-0.3, -0.25) is 24.0 Å². The number of anilines is 1. The van der Waals surface area contributed by atoms with Gasteiger partial charge in [0, 0.05) is 47.3 Å². The smallest absolute Gasteiger partial charge is 0.311 e. The molecule has 0 spiro atoms. The molecule has 5 N–H and O–H groups in total. The Morgan fingerprint density at radius 3 is 2.44 bits per heavy atom. The van der Waals surface area contributed by atoms with Gasteiger partial charge in [-0.2, -0.15) is 0 Å². The van der Waals surface area contributed by atoms with Crippen LogP contribution in [0.1, 0.15) is 98.4 Å². The molecular weight excluding hydrogens is 825 g/mol. The number of rotatable bonds is 17. The fourth-order valence-corrected chi connectivity index (χ4v) is 11.9. The summed E-state index contributed by atoms with van der Waals surface area (Å²) >= 11 is 0.547. The number of amides is 3. The zero-order valence-electron chi connectivity index (χ0n) is 33.9. The minimum atomic E-state index is -4.53. The normalized spacial score (nSPS) is 18.2. The predicted molar refractivity (Wildman–Crippen MR) is 221 cm³/mol. The molecule has 0 fully saturated rings. The molecule has 3 aromatic rings. The highest BCUT2D eigenvalue weighted by molar-refractivity contribution is 7.95. The average Bonchev–Trinajstić information content (AvgIpc) is 3.85. The molecule has 4 heterocycles. The Morgan fingerprint density at radius 2 is 1.76 bits per heavy atom. The van der Waals surface area contributed by atoms with E-state index in [1.54, 1.807) is 32.9 Å². The van der Waals surface area contributed by atoms with Gasteiger partial charge in [0.15, 0.2) is 15.9 Å². The van der Waals surface area contributed by atoms with Crippen LogP contribution in [-0.4, -0.2) is 100 Å². The Labute approximate surface area is 347 Å². The Hall–Kier alpha value is -4.89. The van der Waals surface area contributed by atoms with Crippen LogP contribution in [0.2, 0.25) is 0 Å². The van der Waals surface area contributed by atoms with Gasteiger partial charge in [0.1, 0.15) is 14.2 Å². The first kappa shape index (κ1) is 45.2. The molecule has 20 heteroatoms.